The number of aliphatic hydroxyl groups is 1. The zero-order valence-electron chi connectivity index (χ0n) is 11.6. The fraction of sp³-hybridized carbons (Fsp3) is 0.250. The van der Waals surface area contributed by atoms with Gasteiger partial charge in [-0.1, -0.05) is 60.7 Å². The van der Waals surface area contributed by atoms with E-state index in [0.717, 1.165) is 11.1 Å². The maximum Gasteiger partial charge on any atom is 0.212 e. The van der Waals surface area contributed by atoms with Gasteiger partial charge in [0.2, 0.25) is 10.0 Å². The molecule has 0 heterocycles. The third-order valence-electron chi connectivity index (χ3n) is 3.21. The van der Waals surface area contributed by atoms with Crippen molar-refractivity contribution in [1.82, 2.24) is 4.72 Å². The molecule has 1 atom stereocenters. The van der Waals surface area contributed by atoms with Crippen LogP contribution >= 0.6 is 0 Å². The van der Waals surface area contributed by atoms with Crippen LogP contribution in [0.3, 0.4) is 0 Å². The molecule has 2 aromatic rings. The molecule has 2 aromatic carbocycles. The highest BCUT2D eigenvalue weighted by atomic mass is 32.2. The first kappa shape index (κ1) is 15.7. The van der Waals surface area contributed by atoms with E-state index < -0.39 is 16.1 Å². The second kappa shape index (κ2) is 7.36. The first-order valence-corrected chi connectivity index (χ1v) is 8.46. The Hall–Kier alpha value is -1.69. The van der Waals surface area contributed by atoms with Crippen molar-refractivity contribution in [2.45, 2.75) is 12.5 Å². The SMILES string of the molecule is O=S(=O)(CCc1ccccc1)NC(CO)c1ccccc1. The lowest BCUT2D eigenvalue weighted by molar-refractivity contribution is 0.259. The first-order chi connectivity index (χ1) is 10.1. The molecule has 0 saturated carbocycles. The molecule has 0 aliphatic carbocycles. The number of aliphatic hydroxyl groups excluding tert-OH is 1. The lowest BCUT2D eigenvalue weighted by Crippen LogP contribution is -2.33. The molecule has 21 heavy (non-hydrogen) atoms. The molecule has 0 aliphatic rings. The highest BCUT2D eigenvalue weighted by Crippen LogP contribution is 2.13. The minimum atomic E-state index is -3.45. The zero-order valence-corrected chi connectivity index (χ0v) is 12.5. The van der Waals surface area contributed by atoms with Crippen molar-refractivity contribution in [3.05, 3.63) is 71.8 Å². The summed E-state index contributed by atoms with van der Waals surface area (Å²) in [5.41, 5.74) is 1.73. The topological polar surface area (TPSA) is 66.4 Å². The Kier molecular flexibility index (Phi) is 5.50. The van der Waals surface area contributed by atoms with Crippen LogP contribution in [0.1, 0.15) is 17.2 Å². The molecule has 5 heteroatoms. The largest absolute Gasteiger partial charge is 0.394 e. The molecule has 0 fully saturated rings. The van der Waals surface area contributed by atoms with Crippen LogP contribution in [-0.4, -0.2) is 25.9 Å². The van der Waals surface area contributed by atoms with E-state index in [1.165, 1.54) is 0 Å². The van der Waals surface area contributed by atoms with Gasteiger partial charge in [-0.25, -0.2) is 13.1 Å². The molecule has 0 spiro atoms. The molecule has 112 valence electrons. The van der Waals surface area contributed by atoms with Crippen LogP contribution in [-0.2, 0) is 16.4 Å². The van der Waals surface area contributed by atoms with E-state index in [1.54, 1.807) is 12.1 Å². The van der Waals surface area contributed by atoms with Crippen LogP contribution in [0.4, 0.5) is 0 Å². The predicted octanol–water partition coefficient (Wildman–Crippen LogP) is 1.88. The fourth-order valence-electron chi connectivity index (χ4n) is 2.07. The number of aryl methyl sites for hydroxylation is 1. The van der Waals surface area contributed by atoms with Crippen LogP contribution in [0.25, 0.3) is 0 Å². The summed E-state index contributed by atoms with van der Waals surface area (Å²) in [7, 11) is -3.45. The van der Waals surface area contributed by atoms with E-state index in [4.69, 9.17) is 0 Å². The van der Waals surface area contributed by atoms with Crippen molar-refractivity contribution >= 4 is 10.0 Å². The Bertz CT molecular complexity index is 642. The predicted molar refractivity (Wildman–Crippen MR) is 83.3 cm³/mol. The van der Waals surface area contributed by atoms with Crippen LogP contribution in [0.15, 0.2) is 60.7 Å². The van der Waals surface area contributed by atoms with Crippen LogP contribution in [0.2, 0.25) is 0 Å². The minimum absolute atomic E-state index is 0.000344. The Labute approximate surface area is 125 Å². The molecular weight excluding hydrogens is 286 g/mol. The Morgan fingerprint density at radius 2 is 1.52 bits per heavy atom. The number of hydrogen-bond acceptors (Lipinski definition) is 3. The summed E-state index contributed by atoms with van der Waals surface area (Å²) >= 11 is 0. The summed E-state index contributed by atoms with van der Waals surface area (Å²) < 4.78 is 26.8. The highest BCUT2D eigenvalue weighted by Gasteiger charge is 2.18. The van der Waals surface area contributed by atoms with Gasteiger partial charge in [-0.2, -0.15) is 0 Å². The van der Waals surface area contributed by atoms with Crippen LogP contribution < -0.4 is 4.72 Å². The Balaban J connectivity index is 1.99. The Morgan fingerprint density at radius 1 is 0.952 bits per heavy atom. The molecule has 0 saturated heterocycles. The molecule has 0 amide bonds. The fourth-order valence-corrected chi connectivity index (χ4v) is 3.34. The minimum Gasteiger partial charge on any atom is -0.394 e. The molecule has 1 unspecified atom stereocenters. The van der Waals surface area contributed by atoms with Crippen LogP contribution in [0, 0.1) is 0 Å². The third kappa shape index (κ3) is 4.97. The van der Waals surface area contributed by atoms with E-state index in [1.807, 2.05) is 48.5 Å². The van der Waals surface area contributed by atoms with Crippen molar-refractivity contribution < 1.29 is 13.5 Å². The molecular formula is C16H19NO3S. The quantitative estimate of drug-likeness (QED) is 0.821. The zero-order chi connectivity index (χ0) is 15.1. The lowest BCUT2D eigenvalue weighted by Gasteiger charge is -2.16. The molecule has 0 aliphatic heterocycles. The van der Waals surface area contributed by atoms with E-state index in [2.05, 4.69) is 4.72 Å². The molecule has 0 radical (unpaired) electrons. The van der Waals surface area contributed by atoms with Crippen LogP contribution in [0.5, 0.6) is 0 Å². The van der Waals surface area contributed by atoms with Gasteiger partial charge >= 0.3 is 0 Å². The van der Waals surface area contributed by atoms with Gasteiger partial charge < -0.3 is 5.11 Å². The summed E-state index contributed by atoms with van der Waals surface area (Å²) in [4.78, 5) is 0. The summed E-state index contributed by atoms with van der Waals surface area (Å²) in [6.07, 6.45) is 0.448. The molecule has 0 bridgehead atoms. The summed E-state index contributed by atoms with van der Waals surface area (Å²) in [6.45, 7) is -0.269. The van der Waals surface area contributed by atoms with E-state index in [-0.39, 0.29) is 12.4 Å². The van der Waals surface area contributed by atoms with Gasteiger partial charge in [0.15, 0.2) is 0 Å². The lowest BCUT2D eigenvalue weighted by atomic mass is 10.1. The van der Waals surface area contributed by atoms with Gasteiger partial charge in [-0.3, -0.25) is 0 Å². The highest BCUT2D eigenvalue weighted by molar-refractivity contribution is 7.89. The number of nitrogens with one attached hydrogen (secondary N) is 1. The Morgan fingerprint density at radius 3 is 2.10 bits per heavy atom. The molecule has 2 rings (SSSR count). The summed E-state index contributed by atoms with van der Waals surface area (Å²) in [6, 6.07) is 17.9. The van der Waals surface area contributed by atoms with E-state index >= 15 is 0 Å². The number of sulfonamides is 1. The standard InChI is InChI=1S/C16H19NO3S/c18-13-16(15-9-5-2-6-10-15)17-21(19,20)12-11-14-7-3-1-4-8-14/h1-10,16-18H,11-13H2. The number of hydrogen-bond donors (Lipinski definition) is 2. The van der Waals surface area contributed by atoms with Crippen molar-refractivity contribution in [1.29, 1.82) is 0 Å². The van der Waals surface area contributed by atoms with E-state index in [9.17, 15) is 13.5 Å². The number of benzene rings is 2. The molecule has 0 aromatic heterocycles. The van der Waals surface area contributed by atoms with Gasteiger partial charge in [0.1, 0.15) is 0 Å². The van der Waals surface area contributed by atoms with Gasteiger partial charge in [0, 0.05) is 0 Å². The summed E-state index contributed by atoms with van der Waals surface area (Å²) in [5.74, 6) is 0.000344. The second-order valence-electron chi connectivity index (χ2n) is 4.82. The maximum atomic E-state index is 12.1. The first-order valence-electron chi connectivity index (χ1n) is 6.80. The van der Waals surface area contributed by atoms with Crippen molar-refractivity contribution in [3.63, 3.8) is 0 Å². The smallest absolute Gasteiger partial charge is 0.212 e. The number of rotatable bonds is 7. The monoisotopic (exact) mass is 305 g/mol. The normalized spacial score (nSPS) is 13.0. The molecule has 2 N–H and O–H groups in total. The van der Waals surface area contributed by atoms with Crippen molar-refractivity contribution in [2.75, 3.05) is 12.4 Å². The van der Waals surface area contributed by atoms with E-state index in [0.29, 0.717) is 6.42 Å². The average Bonchev–Trinajstić information content (AvgIpc) is 2.53. The average molecular weight is 305 g/mol. The van der Waals surface area contributed by atoms with Gasteiger partial charge in [0.25, 0.3) is 0 Å². The van der Waals surface area contributed by atoms with Crippen molar-refractivity contribution in [2.24, 2.45) is 0 Å². The van der Waals surface area contributed by atoms with Gasteiger partial charge in [-0.05, 0) is 17.5 Å². The third-order valence-corrected chi connectivity index (χ3v) is 4.59. The van der Waals surface area contributed by atoms with Crippen molar-refractivity contribution in [3.8, 4) is 0 Å². The second-order valence-corrected chi connectivity index (χ2v) is 6.69. The summed E-state index contributed by atoms with van der Waals surface area (Å²) in [5, 5.41) is 9.40. The van der Waals surface area contributed by atoms with Gasteiger partial charge in [-0.15, -0.1) is 0 Å². The maximum absolute atomic E-state index is 12.1. The van der Waals surface area contributed by atoms with Gasteiger partial charge in [0.05, 0.1) is 18.4 Å². The molecule has 4 nitrogen and oxygen atoms in total.